The Labute approximate surface area is 107 Å². The van der Waals surface area contributed by atoms with E-state index in [0.717, 1.165) is 30.1 Å². The first-order chi connectivity index (χ1) is 8.65. The van der Waals surface area contributed by atoms with Crippen LogP contribution in [0.15, 0.2) is 29.3 Å². The number of anilines is 1. The molecule has 18 heavy (non-hydrogen) atoms. The first-order valence-electron chi connectivity index (χ1n) is 6.37. The second kappa shape index (κ2) is 5.67. The molecule has 0 aromatic heterocycles. The van der Waals surface area contributed by atoms with Gasteiger partial charge >= 0.3 is 0 Å². The summed E-state index contributed by atoms with van der Waals surface area (Å²) in [7, 11) is 0. The molecule has 0 radical (unpaired) electrons. The Hall–Kier alpha value is -1.84. The fraction of sp³-hybridized carbons (Fsp3) is 0.429. The molecule has 4 heteroatoms. The van der Waals surface area contributed by atoms with Crippen LogP contribution in [0, 0.1) is 5.92 Å². The molecule has 1 amide bonds. The highest BCUT2D eigenvalue weighted by Gasteiger charge is 2.18. The predicted octanol–water partition coefficient (Wildman–Crippen LogP) is 2.82. The van der Waals surface area contributed by atoms with Crippen LogP contribution in [0.3, 0.4) is 0 Å². The monoisotopic (exact) mass is 245 g/mol. The largest absolute Gasteiger partial charge is 0.387 e. The van der Waals surface area contributed by atoms with Crippen LogP contribution in [0.25, 0.3) is 0 Å². The third-order valence-corrected chi connectivity index (χ3v) is 3.22. The summed E-state index contributed by atoms with van der Waals surface area (Å²) in [6.07, 6.45) is 4.81. The number of hydrogen-bond acceptors (Lipinski definition) is 2. The lowest BCUT2D eigenvalue weighted by Crippen LogP contribution is -2.20. The summed E-state index contributed by atoms with van der Waals surface area (Å²) >= 11 is 0. The summed E-state index contributed by atoms with van der Waals surface area (Å²) in [6, 6.07) is 7.41. The fourth-order valence-corrected chi connectivity index (χ4v) is 2.28. The van der Waals surface area contributed by atoms with E-state index in [-0.39, 0.29) is 5.91 Å². The molecule has 1 aromatic carbocycles. The van der Waals surface area contributed by atoms with Crippen LogP contribution in [-0.2, 0) is 4.79 Å². The standard InChI is InChI=1S/C14H19N3O/c1-10(18)16-12-6-8-13(9-7-12)17-14(15)11-4-2-3-5-11/h6-9,11H,2-5H2,1H3,(H2,15,17)(H,16,18). The molecule has 1 aromatic rings. The van der Waals surface area contributed by atoms with Gasteiger partial charge in [-0.3, -0.25) is 4.79 Å². The Bertz CT molecular complexity index is 445. The number of aliphatic imine (C=N–C) groups is 1. The van der Waals surface area contributed by atoms with Crippen molar-refractivity contribution in [2.24, 2.45) is 16.6 Å². The Kier molecular flexibility index (Phi) is 3.97. The molecule has 1 aliphatic carbocycles. The van der Waals surface area contributed by atoms with Gasteiger partial charge in [-0.1, -0.05) is 12.8 Å². The summed E-state index contributed by atoms with van der Waals surface area (Å²) < 4.78 is 0. The minimum atomic E-state index is -0.0725. The van der Waals surface area contributed by atoms with E-state index in [1.54, 1.807) is 0 Å². The smallest absolute Gasteiger partial charge is 0.221 e. The molecule has 4 nitrogen and oxygen atoms in total. The fourth-order valence-electron chi connectivity index (χ4n) is 2.28. The minimum Gasteiger partial charge on any atom is -0.387 e. The molecule has 96 valence electrons. The Morgan fingerprint density at radius 3 is 2.44 bits per heavy atom. The second-order valence-corrected chi connectivity index (χ2v) is 4.75. The molecule has 0 bridgehead atoms. The Morgan fingerprint density at radius 1 is 1.28 bits per heavy atom. The van der Waals surface area contributed by atoms with Crippen molar-refractivity contribution in [3.63, 3.8) is 0 Å². The lowest BCUT2D eigenvalue weighted by molar-refractivity contribution is -0.114. The third kappa shape index (κ3) is 3.32. The molecule has 1 aliphatic rings. The summed E-state index contributed by atoms with van der Waals surface area (Å²) in [5.74, 6) is 1.11. The third-order valence-electron chi connectivity index (χ3n) is 3.22. The summed E-state index contributed by atoms with van der Waals surface area (Å²) in [5.41, 5.74) is 7.63. The Morgan fingerprint density at radius 2 is 1.89 bits per heavy atom. The molecular weight excluding hydrogens is 226 g/mol. The molecule has 3 N–H and O–H groups in total. The number of amides is 1. The molecule has 0 saturated heterocycles. The maximum absolute atomic E-state index is 10.9. The summed E-state index contributed by atoms with van der Waals surface area (Å²) in [4.78, 5) is 15.3. The number of nitrogens with zero attached hydrogens (tertiary/aromatic N) is 1. The molecule has 0 unspecified atom stereocenters. The maximum atomic E-state index is 10.9. The van der Waals surface area contributed by atoms with Crippen molar-refractivity contribution in [1.82, 2.24) is 0 Å². The van der Waals surface area contributed by atoms with Gasteiger partial charge in [-0.2, -0.15) is 0 Å². The lowest BCUT2D eigenvalue weighted by atomic mass is 10.1. The normalized spacial score (nSPS) is 16.8. The van der Waals surface area contributed by atoms with Crippen LogP contribution in [0.2, 0.25) is 0 Å². The van der Waals surface area contributed by atoms with Crippen LogP contribution in [-0.4, -0.2) is 11.7 Å². The van der Waals surface area contributed by atoms with Gasteiger partial charge < -0.3 is 11.1 Å². The van der Waals surface area contributed by atoms with Gasteiger partial charge in [-0.05, 0) is 37.1 Å². The van der Waals surface area contributed by atoms with Crippen molar-refractivity contribution in [3.8, 4) is 0 Å². The SMILES string of the molecule is CC(=O)Nc1ccc(N=C(N)C2CCCC2)cc1. The number of nitrogens with one attached hydrogen (secondary N) is 1. The van der Waals surface area contributed by atoms with Crippen molar-refractivity contribution in [3.05, 3.63) is 24.3 Å². The van der Waals surface area contributed by atoms with Gasteiger partial charge in [-0.25, -0.2) is 4.99 Å². The molecule has 1 saturated carbocycles. The van der Waals surface area contributed by atoms with Crippen LogP contribution in [0.4, 0.5) is 11.4 Å². The van der Waals surface area contributed by atoms with Gasteiger partial charge in [0, 0.05) is 18.5 Å². The maximum Gasteiger partial charge on any atom is 0.221 e. The molecule has 0 spiro atoms. The molecule has 2 rings (SSSR count). The first kappa shape index (κ1) is 12.6. The van der Waals surface area contributed by atoms with Gasteiger partial charge in [0.1, 0.15) is 5.84 Å². The van der Waals surface area contributed by atoms with E-state index < -0.39 is 0 Å². The van der Waals surface area contributed by atoms with E-state index in [9.17, 15) is 4.79 Å². The van der Waals surface area contributed by atoms with Gasteiger partial charge in [0.25, 0.3) is 0 Å². The van der Waals surface area contributed by atoms with E-state index >= 15 is 0 Å². The van der Waals surface area contributed by atoms with Crippen molar-refractivity contribution in [2.45, 2.75) is 32.6 Å². The van der Waals surface area contributed by atoms with Crippen LogP contribution in [0.1, 0.15) is 32.6 Å². The van der Waals surface area contributed by atoms with Crippen molar-refractivity contribution in [2.75, 3.05) is 5.32 Å². The van der Waals surface area contributed by atoms with Gasteiger partial charge in [0.2, 0.25) is 5.91 Å². The predicted molar refractivity (Wildman–Crippen MR) is 74.0 cm³/mol. The highest BCUT2D eigenvalue weighted by molar-refractivity contribution is 5.89. The number of amidine groups is 1. The van der Waals surface area contributed by atoms with Crippen molar-refractivity contribution < 1.29 is 4.79 Å². The zero-order valence-corrected chi connectivity index (χ0v) is 10.6. The minimum absolute atomic E-state index is 0.0725. The summed E-state index contributed by atoms with van der Waals surface area (Å²) in [5, 5.41) is 2.72. The highest BCUT2D eigenvalue weighted by atomic mass is 16.1. The van der Waals surface area contributed by atoms with Crippen molar-refractivity contribution >= 4 is 23.1 Å². The average molecular weight is 245 g/mol. The zero-order valence-electron chi connectivity index (χ0n) is 10.6. The van der Waals surface area contributed by atoms with E-state index in [4.69, 9.17) is 5.73 Å². The average Bonchev–Trinajstić information content (AvgIpc) is 2.84. The number of benzene rings is 1. The van der Waals surface area contributed by atoms with Crippen LogP contribution in [0.5, 0.6) is 0 Å². The van der Waals surface area contributed by atoms with E-state index in [1.807, 2.05) is 24.3 Å². The molecular formula is C14H19N3O. The van der Waals surface area contributed by atoms with Crippen molar-refractivity contribution in [1.29, 1.82) is 0 Å². The number of hydrogen-bond donors (Lipinski definition) is 2. The highest BCUT2D eigenvalue weighted by Crippen LogP contribution is 2.26. The quantitative estimate of drug-likeness (QED) is 0.635. The van der Waals surface area contributed by atoms with Gasteiger partial charge in [0.05, 0.1) is 5.69 Å². The van der Waals surface area contributed by atoms with E-state index in [1.165, 1.54) is 19.8 Å². The lowest BCUT2D eigenvalue weighted by Gasteiger charge is -2.08. The summed E-state index contributed by atoms with van der Waals surface area (Å²) in [6.45, 7) is 1.49. The molecule has 1 fully saturated rings. The first-order valence-corrected chi connectivity index (χ1v) is 6.37. The topological polar surface area (TPSA) is 67.5 Å². The number of carbonyl (C=O) groups is 1. The van der Waals surface area contributed by atoms with Crippen LogP contribution < -0.4 is 11.1 Å². The number of rotatable bonds is 3. The van der Waals surface area contributed by atoms with Crippen LogP contribution >= 0.6 is 0 Å². The molecule has 0 heterocycles. The van der Waals surface area contributed by atoms with Gasteiger partial charge in [0.15, 0.2) is 0 Å². The van der Waals surface area contributed by atoms with Gasteiger partial charge in [-0.15, -0.1) is 0 Å². The molecule has 0 atom stereocenters. The number of carbonyl (C=O) groups excluding carboxylic acids is 1. The number of nitrogens with two attached hydrogens (primary N) is 1. The Balaban J connectivity index is 2.04. The van der Waals surface area contributed by atoms with E-state index in [0.29, 0.717) is 5.92 Å². The molecule has 0 aliphatic heterocycles. The zero-order chi connectivity index (χ0) is 13.0. The second-order valence-electron chi connectivity index (χ2n) is 4.75. The van der Waals surface area contributed by atoms with E-state index in [2.05, 4.69) is 10.3 Å².